The topological polar surface area (TPSA) is 83.8 Å². The van der Waals surface area contributed by atoms with E-state index in [9.17, 15) is 4.79 Å². The maximum Gasteiger partial charge on any atom is 0.244 e. The lowest BCUT2D eigenvalue weighted by Crippen LogP contribution is -2.48. The number of nitrogens with one attached hydrogen (secondary N) is 2. The average molecular weight is 244 g/mol. The first kappa shape index (κ1) is 11.2. The van der Waals surface area contributed by atoms with Crippen LogP contribution in [0.4, 0.5) is 5.69 Å². The van der Waals surface area contributed by atoms with Crippen molar-refractivity contribution >= 4 is 22.5 Å². The minimum atomic E-state index is -0.689. The van der Waals surface area contributed by atoms with Crippen LogP contribution in [-0.4, -0.2) is 21.6 Å². The second-order valence-corrected chi connectivity index (χ2v) is 4.99. The highest BCUT2D eigenvalue weighted by Crippen LogP contribution is 2.28. The fraction of sp³-hybridized carbons (Fsp3) is 0.385. The third-order valence-electron chi connectivity index (χ3n) is 3.65. The van der Waals surface area contributed by atoms with E-state index in [0.717, 1.165) is 42.3 Å². The van der Waals surface area contributed by atoms with E-state index in [-0.39, 0.29) is 5.91 Å². The summed E-state index contributed by atoms with van der Waals surface area (Å²) in [4.78, 5) is 12.2. The number of hydrogen-bond donors (Lipinski definition) is 3. The number of H-pyrrole nitrogens is 1. The summed E-state index contributed by atoms with van der Waals surface area (Å²) in [5, 5.41) is 10.7. The van der Waals surface area contributed by atoms with E-state index in [1.54, 1.807) is 6.20 Å². The summed E-state index contributed by atoms with van der Waals surface area (Å²) >= 11 is 0. The van der Waals surface area contributed by atoms with Crippen LogP contribution in [0.3, 0.4) is 0 Å². The monoisotopic (exact) mass is 244 g/mol. The van der Waals surface area contributed by atoms with Crippen molar-refractivity contribution in [1.29, 1.82) is 0 Å². The summed E-state index contributed by atoms with van der Waals surface area (Å²) in [7, 11) is 0. The third-order valence-corrected chi connectivity index (χ3v) is 3.65. The van der Waals surface area contributed by atoms with Gasteiger partial charge in [0, 0.05) is 11.1 Å². The van der Waals surface area contributed by atoms with Crippen LogP contribution in [0.25, 0.3) is 10.9 Å². The molecule has 3 rings (SSSR count). The third kappa shape index (κ3) is 1.86. The van der Waals surface area contributed by atoms with Gasteiger partial charge in [-0.3, -0.25) is 9.89 Å². The number of carbonyl (C=O) groups is 1. The molecule has 0 spiro atoms. The highest BCUT2D eigenvalue weighted by Gasteiger charge is 2.36. The number of benzene rings is 1. The molecule has 0 atom stereocenters. The Balaban J connectivity index is 1.81. The van der Waals surface area contributed by atoms with Gasteiger partial charge >= 0.3 is 0 Å². The lowest BCUT2D eigenvalue weighted by atomic mass is 9.98. The second-order valence-electron chi connectivity index (χ2n) is 4.99. The smallest absolute Gasteiger partial charge is 0.244 e. The minimum absolute atomic E-state index is 0.0807. The Morgan fingerprint density at radius 3 is 2.94 bits per heavy atom. The number of hydrogen-bond acceptors (Lipinski definition) is 3. The maximum absolute atomic E-state index is 12.2. The van der Waals surface area contributed by atoms with Gasteiger partial charge in [-0.05, 0) is 31.0 Å². The Hall–Kier alpha value is -1.88. The molecule has 5 nitrogen and oxygen atoms in total. The van der Waals surface area contributed by atoms with Crippen molar-refractivity contribution in [3.63, 3.8) is 0 Å². The van der Waals surface area contributed by atoms with Crippen molar-refractivity contribution in [1.82, 2.24) is 10.2 Å². The second kappa shape index (κ2) is 4.10. The Bertz CT molecular complexity index is 583. The van der Waals surface area contributed by atoms with Gasteiger partial charge in [0.25, 0.3) is 0 Å². The SMILES string of the molecule is NC1(C(=O)Nc2ccc3[nH]ncc3c2)CCCC1. The van der Waals surface area contributed by atoms with Crippen molar-refractivity contribution in [2.24, 2.45) is 5.73 Å². The quantitative estimate of drug-likeness (QED) is 0.752. The molecular weight excluding hydrogens is 228 g/mol. The molecule has 1 amide bonds. The van der Waals surface area contributed by atoms with Gasteiger partial charge in [0.1, 0.15) is 0 Å². The zero-order valence-corrected chi connectivity index (χ0v) is 10.1. The lowest BCUT2D eigenvalue weighted by molar-refractivity contribution is -0.121. The van der Waals surface area contributed by atoms with Crippen molar-refractivity contribution in [2.45, 2.75) is 31.2 Å². The Labute approximate surface area is 105 Å². The van der Waals surface area contributed by atoms with Crippen LogP contribution in [0.2, 0.25) is 0 Å². The van der Waals surface area contributed by atoms with Crippen LogP contribution in [0.15, 0.2) is 24.4 Å². The van der Waals surface area contributed by atoms with Gasteiger partial charge < -0.3 is 11.1 Å². The summed E-state index contributed by atoms with van der Waals surface area (Å²) in [6, 6.07) is 5.65. The molecule has 0 bridgehead atoms. The first-order chi connectivity index (χ1) is 8.67. The summed E-state index contributed by atoms with van der Waals surface area (Å²) in [6.45, 7) is 0. The van der Waals surface area contributed by atoms with Crippen molar-refractivity contribution in [3.8, 4) is 0 Å². The van der Waals surface area contributed by atoms with Gasteiger partial charge in [0.15, 0.2) is 0 Å². The van der Waals surface area contributed by atoms with Gasteiger partial charge in [0.2, 0.25) is 5.91 Å². The first-order valence-electron chi connectivity index (χ1n) is 6.21. The Morgan fingerprint density at radius 1 is 1.39 bits per heavy atom. The molecule has 5 heteroatoms. The van der Waals surface area contributed by atoms with E-state index in [1.165, 1.54) is 0 Å². The number of nitrogens with zero attached hydrogens (tertiary/aromatic N) is 1. The molecule has 1 aromatic heterocycles. The van der Waals surface area contributed by atoms with Gasteiger partial charge in [-0.1, -0.05) is 12.8 Å². The molecule has 0 saturated heterocycles. The fourth-order valence-electron chi connectivity index (χ4n) is 2.51. The molecule has 1 saturated carbocycles. The highest BCUT2D eigenvalue weighted by atomic mass is 16.2. The zero-order chi connectivity index (χ0) is 12.6. The largest absolute Gasteiger partial charge is 0.324 e. The summed E-state index contributed by atoms with van der Waals surface area (Å²) in [6.07, 6.45) is 5.34. The van der Waals surface area contributed by atoms with Gasteiger partial charge in [-0.25, -0.2) is 0 Å². The number of rotatable bonds is 2. The highest BCUT2D eigenvalue weighted by molar-refractivity contribution is 5.99. The van der Waals surface area contributed by atoms with Crippen LogP contribution in [-0.2, 0) is 4.79 Å². The molecule has 4 N–H and O–H groups in total. The lowest BCUT2D eigenvalue weighted by Gasteiger charge is -2.22. The molecule has 0 unspecified atom stereocenters. The normalized spacial score (nSPS) is 18.1. The van der Waals surface area contributed by atoms with Crippen molar-refractivity contribution in [2.75, 3.05) is 5.32 Å². The fourth-order valence-corrected chi connectivity index (χ4v) is 2.51. The number of anilines is 1. The van der Waals surface area contributed by atoms with Crippen LogP contribution in [0.5, 0.6) is 0 Å². The molecule has 1 aliphatic carbocycles. The van der Waals surface area contributed by atoms with Gasteiger partial charge in [-0.2, -0.15) is 5.10 Å². The molecule has 0 radical (unpaired) electrons. The minimum Gasteiger partial charge on any atom is -0.324 e. The van der Waals surface area contributed by atoms with Crippen LogP contribution >= 0.6 is 0 Å². The number of fused-ring (bicyclic) bond motifs is 1. The van der Waals surface area contributed by atoms with Crippen LogP contribution in [0, 0.1) is 0 Å². The van der Waals surface area contributed by atoms with Gasteiger partial charge in [-0.15, -0.1) is 0 Å². The predicted octanol–water partition coefficient (Wildman–Crippen LogP) is 1.77. The number of carbonyl (C=O) groups excluding carboxylic acids is 1. The molecule has 94 valence electrons. The molecule has 2 aromatic rings. The van der Waals surface area contributed by atoms with E-state index in [4.69, 9.17) is 5.73 Å². The van der Waals surface area contributed by atoms with Crippen LogP contribution in [0.1, 0.15) is 25.7 Å². The van der Waals surface area contributed by atoms with Crippen molar-refractivity contribution < 1.29 is 4.79 Å². The van der Waals surface area contributed by atoms with Crippen LogP contribution < -0.4 is 11.1 Å². The maximum atomic E-state index is 12.2. The van der Waals surface area contributed by atoms with E-state index in [1.807, 2.05) is 18.2 Å². The summed E-state index contributed by atoms with van der Waals surface area (Å²) in [5.74, 6) is -0.0807. The molecule has 1 heterocycles. The molecule has 18 heavy (non-hydrogen) atoms. The van der Waals surface area contributed by atoms with Crippen molar-refractivity contribution in [3.05, 3.63) is 24.4 Å². The molecule has 0 aliphatic heterocycles. The van der Waals surface area contributed by atoms with E-state index < -0.39 is 5.54 Å². The molecule has 1 aromatic carbocycles. The predicted molar refractivity (Wildman–Crippen MR) is 70.1 cm³/mol. The average Bonchev–Trinajstić information content (AvgIpc) is 2.98. The van der Waals surface area contributed by atoms with E-state index >= 15 is 0 Å². The standard InChI is InChI=1S/C13H16N4O/c14-13(5-1-2-6-13)12(18)16-10-3-4-11-9(7-10)8-15-17-11/h3-4,7-8H,1-2,5-6,14H2,(H,15,17)(H,16,18). The summed E-state index contributed by atoms with van der Waals surface area (Å²) in [5.41, 5.74) is 7.15. The van der Waals surface area contributed by atoms with E-state index in [2.05, 4.69) is 15.5 Å². The number of nitrogens with two attached hydrogens (primary N) is 1. The molecule has 1 fully saturated rings. The Kier molecular flexibility index (Phi) is 2.56. The molecular formula is C13H16N4O. The zero-order valence-electron chi connectivity index (χ0n) is 10.1. The van der Waals surface area contributed by atoms with E-state index in [0.29, 0.717) is 0 Å². The molecule has 1 aliphatic rings. The van der Waals surface area contributed by atoms with Gasteiger partial charge in [0.05, 0.1) is 17.3 Å². The number of amides is 1. The number of aromatic nitrogens is 2. The number of aromatic amines is 1. The Morgan fingerprint density at radius 2 is 2.17 bits per heavy atom. The summed E-state index contributed by atoms with van der Waals surface area (Å²) < 4.78 is 0. The first-order valence-corrected chi connectivity index (χ1v) is 6.21.